The minimum absolute atomic E-state index is 0.403. The van der Waals surface area contributed by atoms with Crippen molar-refractivity contribution in [2.75, 3.05) is 0 Å². The minimum atomic E-state index is -0.609. The maximum absolute atomic E-state index is 11.0. The number of ether oxygens (including phenoxy) is 1. The SMILES string of the molecule is NC(=O)NC(OCc1ccccc1)c1ccccc1. The van der Waals surface area contributed by atoms with Gasteiger partial charge in [-0.1, -0.05) is 60.7 Å². The molecule has 19 heavy (non-hydrogen) atoms. The van der Waals surface area contributed by atoms with Gasteiger partial charge in [0.05, 0.1) is 6.61 Å². The van der Waals surface area contributed by atoms with Gasteiger partial charge >= 0.3 is 6.03 Å². The molecule has 4 heteroatoms. The Morgan fingerprint density at radius 1 is 1.05 bits per heavy atom. The second kappa shape index (κ2) is 6.56. The molecule has 0 saturated heterocycles. The van der Waals surface area contributed by atoms with E-state index in [1.165, 1.54) is 0 Å². The molecule has 2 amide bonds. The Morgan fingerprint density at radius 2 is 1.63 bits per heavy atom. The number of nitrogens with one attached hydrogen (secondary N) is 1. The molecule has 2 aromatic carbocycles. The topological polar surface area (TPSA) is 64.4 Å². The molecule has 0 saturated carbocycles. The summed E-state index contributed by atoms with van der Waals surface area (Å²) in [5.41, 5.74) is 7.06. The Kier molecular flexibility index (Phi) is 4.53. The first kappa shape index (κ1) is 13.1. The van der Waals surface area contributed by atoms with E-state index in [1.54, 1.807) is 0 Å². The van der Waals surface area contributed by atoms with Crippen LogP contribution in [0.15, 0.2) is 60.7 Å². The van der Waals surface area contributed by atoms with Crippen molar-refractivity contribution in [3.8, 4) is 0 Å². The fourth-order valence-electron chi connectivity index (χ4n) is 1.73. The van der Waals surface area contributed by atoms with Gasteiger partial charge < -0.3 is 15.8 Å². The van der Waals surface area contributed by atoms with Crippen molar-refractivity contribution in [1.29, 1.82) is 0 Å². The van der Waals surface area contributed by atoms with Crippen LogP contribution in [0.2, 0.25) is 0 Å². The molecule has 0 aliphatic heterocycles. The average molecular weight is 256 g/mol. The van der Waals surface area contributed by atoms with Crippen molar-refractivity contribution >= 4 is 6.03 Å². The van der Waals surface area contributed by atoms with Gasteiger partial charge in [-0.2, -0.15) is 0 Å². The van der Waals surface area contributed by atoms with Gasteiger partial charge in [0.15, 0.2) is 6.23 Å². The van der Waals surface area contributed by atoms with E-state index in [4.69, 9.17) is 10.5 Å². The highest BCUT2D eigenvalue weighted by molar-refractivity contribution is 5.72. The number of primary amides is 1. The van der Waals surface area contributed by atoms with Crippen molar-refractivity contribution < 1.29 is 9.53 Å². The van der Waals surface area contributed by atoms with Gasteiger partial charge in [0, 0.05) is 5.56 Å². The van der Waals surface area contributed by atoms with E-state index in [9.17, 15) is 4.79 Å². The summed E-state index contributed by atoms with van der Waals surface area (Å²) in [6.45, 7) is 0.403. The monoisotopic (exact) mass is 256 g/mol. The molecule has 0 bridgehead atoms. The van der Waals surface area contributed by atoms with Crippen molar-refractivity contribution in [3.05, 3.63) is 71.8 Å². The molecule has 0 aliphatic rings. The van der Waals surface area contributed by atoms with Gasteiger partial charge in [-0.05, 0) is 5.56 Å². The van der Waals surface area contributed by atoms with Crippen molar-refractivity contribution in [3.63, 3.8) is 0 Å². The van der Waals surface area contributed by atoms with E-state index in [-0.39, 0.29) is 0 Å². The molecular formula is C15H16N2O2. The largest absolute Gasteiger partial charge is 0.352 e. The van der Waals surface area contributed by atoms with E-state index in [0.717, 1.165) is 11.1 Å². The molecule has 0 fully saturated rings. The molecule has 1 atom stereocenters. The Morgan fingerprint density at radius 3 is 2.21 bits per heavy atom. The normalized spacial score (nSPS) is 11.8. The predicted octanol–water partition coefficient (Wildman–Crippen LogP) is 2.57. The number of nitrogens with two attached hydrogens (primary N) is 1. The summed E-state index contributed by atoms with van der Waals surface area (Å²) in [6.07, 6.45) is -0.543. The molecular weight excluding hydrogens is 240 g/mol. The van der Waals surface area contributed by atoms with Gasteiger partial charge in [0.1, 0.15) is 0 Å². The molecule has 1 unspecified atom stereocenters. The van der Waals surface area contributed by atoms with E-state index >= 15 is 0 Å². The number of benzene rings is 2. The first-order valence-electron chi connectivity index (χ1n) is 6.02. The van der Waals surface area contributed by atoms with Crippen LogP contribution in [-0.4, -0.2) is 6.03 Å². The molecule has 0 aliphatic carbocycles. The average Bonchev–Trinajstić information content (AvgIpc) is 2.45. The molecule has 98 valence electrons. The van der Waals surface area contributed by atoms with Crippen LogP contribution in [-0.2, 0) is 11.3 Å². The number of carbonyl (C=O) groups excluding carboxylic acids is 1. The Labute approximate surface area is 112 Å². The molecule has 4 nitrogen and oxygen atoms in total. The van der Waals surface area contributed by atoms with Crippen LogP contribution >= 0.6 is 0 Å². The summed E-state index contributed by atoms with van der Waals surface area (Å²) in [6, 6.07) is 18.6. The lowest BCUT2D eigenvalue weighted by molar-refractivity contribution is 0.0247. The number of urea groups is 1. The highest BCUT2D eigenvalue weighted by Crippen LogP contribution is 2.16. The highest BCUT2D eigenvalue weighted by atomic mass is 16.5. The molecule has 0 radical (unpaired) electrons. The summed E-state index contributed by atoms with van der Waals surface area (Å²) >= 11 is 0. The Hall–Kier alpha value is -2.33. The second-order valence-electron chi connectivity index (χ2n) is 4.10. The number of amides is 2. The highest BCUT2D eigenvalue weighted by Gasteiger charge is 2.13. The maximum Gasteiger partial charge on any atom is 0.314 e. The smallest absolute Gasteiger partial charge is 0.314 e. The quantitative estimate of drug-likeness (QED) is 0.807. The summed E-state index contributed by atoms with van der Waals surface area (Å²) in [5.74, 6) is 0. The van der Waals surface area contributed by atoms with Gasteiger partial charge in [-0.25, -0.2) is 4.79 Å². The number of carbonyl (C=O) groups is 1. The van der Waals surface area contributed by atoms with Crippen LogP contribution < -0.4 is 11.1 Å². The fraction of sp³-hybridized carbons (Fsp3) is 0.133. The van der Waals surface area contributed by atoms with Gasteiger partial charge in [0.2, 0.25) is 0 Å². The number of rotatable bonds is 5. The van der Waals surface area contributed by atoms with Crippen molar-refractivity contribution in [2.24, 2.45) is 5.73 Å². The van der Waals surface area contributed by atoms with Crippen molar-refractivity contribution in [2.45, 2.75) is 12.8 Å². The predicted molar refractivity (Wildman–Crippen MR) is 73.1 cm³/mol. The molecule has 0 spiro atoms. The van der Waals surface area contributed by atoms with E-state index < -0.39 is 12.3 Å². The van der Waals surface area contributed by atoms with Gasteiger partial charge in [-0.15, -0.1) is 0 Å². The van der Waals surface area contributed by atoms with Crippen LogP contribution in [0.4, 0.5) is 4.79 Å². The summed E-state index contributed by atoms with van der Waals surface area (Å²) in [5, 5.41) is 2.58. The van der Waals surface area contributed by atoms with Crippen LogP contribution in [0.1, 0.15) is 17.4 Å². The van der Waals surface area contributed by atoms with Crippen LogP contribution in [0.5, 0.6) is 0 Å². The van der Waals surface area contributed by atoms with Crippen molar-refractivity contribution in [1.82, 2.24) is 5.32 Å². The lowest BCUT2D eigenvalue weighted by Gasteiger charge is -2.18. The van der Waals surface area contributed by atoms with Crippen LogP contribution in [0.3, 0.4) is 0 Å². The second-order valence-corrected chi connectivity index (χ2v) is 4.10. The van der Waals surface area contributed by atoms with E-state index in [0.29, 0.717) is 6.61 Å². The lowest BCUT2D eigenvalue weighted by Crippen LogP contribution is -2.34. The van der Waals surface area contributed by atoms with Crippen LogP contribution in [0, 0.1) is 0 Å². The fourth-order valence-corrected chi connectivity index (χ4v) is 1.73. The Balaban J connectivity index is 2.04. The van der Waals surface area contributed by atoms with Crippen LogP contribution in [0.25, 0.3) is 0 Å². The maximum atomic E-state index is 11.0. The standard InChI is InChI=1S/C15H16N2O2/c16-15(18)17-14(13-9-5-2-6-10-13)19-11-12-7-3-1-4-8-12/h1-10,14H,11H2,(H3,16,17,18). The third kappa shape index (κ3) is 4.12. The number of hydrogen-bond donors (Lipinski definition) is 2. The molecule has 2 rings (SSSR count). The Bertz CT molecular complexity index is 514. The molecule has 0 aromatic heterocycles. The molecule has 2 aromatic rings. The third-order valence-electron chi connectivity index (χ3n) is 2.64. The third-order valence-corrected chi connectivity index (χ3v) is 2.64. The zero-order valence-electron chi connectivity index (χ0n) is 10.5. The zero-order valence-corrected chi connectivity index (χ0v) is 10.5. The minimum Gasteiger partial charge on any atom is -0.352 e. The summed E-state index contributed by atoms with van der Waals surface area (Å²) in [4.78, 5) is 11.0. The van der Waals surface area contributed by atoms with Gasteiger partial charge in [-0.3, -0.25) is 0 Å². The van der Waals surface area contributed by atoms with Gasteiger partial charge in [0.25, 0.3) is 0 Å². The molecule has 3 N–H and O–H groups in total. The first-order valence-corrected chi connectivity index (χ1v) is 6.02. The molecule has 0 heterocycles. The summed E-state index contributed by atoms with van der Waals surface area (Å²) in [7, 11) is 0. The zero-order chi connectivity index (χ0) is 13.5. The lowest BCUT2D eigenvalue weighted by atomic mass is 10.2. The van der Waals surface area contributed by atoms with E-state index in [1.807, 2.05) is 60.7 Å². The first-order chi connectivity index (χ1) is 9.25. The number of hydrogen-bond acceptors (Lipinski definition) is 2. The van der Waals surface area contributed by atoms with E-state index in [2.05, 4.69) is 5.32 Å². The summed E-state index contributed by atoms with van der Waals surface area (Å²) < 4.78 is 5.71.